The molecule has 2 aromatic heterocycles. The second-order valence-electron chi connectivity index (χ2n) is 6.38. The summed E-state index contributed by atoms with van der Waals surface area (Å²) >= 11 is 0. The Morgan fingerprint density at radius 1 is 1.20 bits per heavy atom. The highest BCUT2D eigenvalue weighted by atomic mass is 16.5. The van der Waals surface area contributed by atoms with Crippen LogP contribution in [0.15, 0.2) is 16.7 Å². The van der Waals surface area contributed by atoms with Crippen molar-refractivity contribution >= 4 is 5.91 Å². The molecule has 7 nitrogen and oxygen atoms in total. The summed E-state index contributed by atoms with van der Waals surface area (Å²) in [5.74, 6) is 1.23. The molecule has 0 aliphatic carbocycles. The van der Waals surface area contributed by atoms with E-state index in [-0.39, 0.29) is 5.91 Å². The summed E-state index contributed by atoms with van der Waals surface area (Å²) < 4.78 is 10.5. The van der Waals surface area contributed by atoms with E-state index in [2.05, 4.69) is 15.0 Å². The van der Waals surface area contributed by atoms with Crippen LogP contribution in [-0.4, -0.2) is 59.1 Å². The van der Waals surface area contributed by atoms with Crippen LogP contribution in [-0.2, 0) is 6.54 Å². The van der Waals surface area contributed by atoms with Crippen LogP contribution in [0.5, 0.6) is 5.88 Å². The second kappa shape index (κ2) is 7.23. The highest BCUT2D eigenvalue weighted by molar-refractivity contribution is 5.96. The zero-order chi connectivity index (χ0) is 18.0. The molecule has 7 heteroatoms. The molecule has 3 heterocycles. The summed E-state index contributed by atoms with van der Waals surface area (Å²) in [4.78, 5) is 21.3. The molecule has 2 aromatic rings. The van der Waals surface area contributed by atoms with Crippen LogP contribution in [0.1, 0.15) is 33.1 Å². The van der Waals surface area contributed by atoms with Gasteiger partial charge in [0.15, 0.2) is 0 Å². The summed E-state index contributed by atoms with van der Waals surface area (Å²) in [6.07, 6.45) is 0. The minimum absolute atomic E-state index is 0.0265. The van der Waals surface area contributed by atoms with Gasteiger partial charge in [0.25, 0.3) is 5.91 Å². The minimum Gasteiger partial charge on any atom is -0.480 e. The molecule has 1 amide bonds. The maximum atomic E-state index is 12.8. The van der Waals surface area contributed by atoms with E-state index in [1.165, 1.54) is 0 Å². The molecule has 0 N–H and O–H groups in total. The molecule has 0 spiro atoms. The lowest BCUT2D eigenvalue weighted by atomic mass is 10.1. The van der Waals surface area contributed by atoms with Crippen molar-refractivity contribution in [2.75, 3.05) is 33.3 Å². The molecule has 0 saturated carbocycles. The number of carbonyl (C=O) groups is 1. The molecule has 0 unspecified atom stereocenters. The fourth-order valence-electron chi connectivity index (χ4n) is 3.08. The van der Waals surface area contributed by atoms with E-state index < -0.39 is 0 Å². The first-order valence-corrected chi connectivity index (χ1v) is 8.44. The molecule has 1 aliphatic rings. The minimum atomic E-state index is -0.0265. The number of ether oxygens (including phenoxy) is 1. The van der Waals surface area contributed by atoms with E-state index in [1.807, 2.05) is 31.7 Å². The third-order valence-electron chi connectivity index (χ3n) is 4.65. The number of pyridine rings is 1. The highest BCUT2D eigenvalue weighted by Gasteiger charge is 2.25. The third-order valence-corrected chi connectivity index (χ3v) is 4.65. The monoisotopic (exact) mass is 344 g/mol. The standard InChI is InChI=1S/C18H24N4O3/c1-12-5-6-15(17(19-12)24-4)18(23)22-9-7-21(8-10-22)11-16-13(2)20-25-14(16)3/h5-6H,7-11H2,1-4H3. The van der Waals surface area contributed by atoms with Crippen LogP contribution in [0, 0.1) is 20.8 Å². The van der Waals surface area contributed by atoms with Crippen molar-refractivity contribution in [3.05, 3.63) is 40.4 Å². The summed E-state index contributed by atoms with van der Waals surface area (Å²) in [6.45, 7) is 9.57. The molecule has 3 rings (SSSR count). The zero-order valence-corrected chi connectivity index (χ0v) is 15.2. The van der Waals surface area contributed by atoms with Crippen molar-refractivity contribution in [2.24, 2.45) is 0 Å². The van der Waals surface area contributed by atoms with Crippen molar-refractivity contribution in [3.8, 4) is 5.88 Å². The number of carbonyl (C=O) groups excluding carboxylic acids is 1. The normalized spacial score (nSPS) is 15.4. The molecule has 0 aromatic carbocycles. The van der Waals surface area contributed by atoms with E-state index in [0.29, 0.717) is 24.5 Å². The average molecular weight is 344 g/mol. The quantitative estimate of drug-likeness (QED) is 0.844. The topological polar surface area (TPSA) is 71.7 Å². The maximum absolute atomic E-state index is 12.8. The number of aryl methyl sites for hydroxylation is 3. The van der Waals surface area contributed by atoms with Crippen LogP contribution in [0.3, 0.4) is 0 Å². The smallest absolute Gasteiger partial charge is 0.259 e. The van der Waals surface area contributed by atoms with Crippen molar-refractivity contribution < 1.29 is 14.1 Å². The number of piperazine rings is 1. The van der Waals surface area contributed by atoms with Crippen molar-refractivity contribution in [1.82, 2.24) is 19.9 Å². The molecule has 1 aliphatic heterocycles. The van der Waals surface area contributed by atoms with Gasteiger partial charge in [0.1, 0.15) is 11.3 Å². The Balaban J connectivity index is 1.63. The van der Waals surface area contributed by atoms with Gasteiger partial charge < -0.3 is 14.2 Å². The molecule has 25 heavy (non-hydrogen) atoms. The maximum Gasteiger partial charge on any atom is 0.259 e. The highest BCUT2D eigenvalue weighted by Crippen LogP contribution is 2.20. The van der Waals surface area contributed by atoms with Crippen LogP contribution in [0.4, 0.5) is 0 Å². The predicted octanol–water partition coefficient (Wildman–Crippen LogP) is 1.96. The number of aromatic nitrogens is 2. The van der Waals surface area contributed by atoms with E-state index in [9.17, 15) is 4.79 Å². The van der Waals surface area contributed by atoms with Gasteiger partial charge in [-0.15, -0.1) is 0 Å². The Hall–Kier alpha value is -2.41. The fourth-order valence-corrected chi connectivity index (χ4v) is 3.08. The van der Waals surface area contributed by atoms with Gasteiger partial charge in [0.2, 0.25) is 5.88 Å². The number of nitrogens with zero attached hydrogens (tertiary/aromatic N) is 4. The molecule has 134 valence electrons. The van der Waals surface area contributed by atoms with Crippen molar-refractivity contribution in [3.63, 3.8) is 0 Å². The van der Waals surface area contributed by atoms with Crippen LogP contribution >= 0.6 is 0 Å². The van der Waals surface area contributed by atoms with Crippen LogP contribution < -0.4 is 4.74 Å². The van der Waals surface area contributed by atoms with E-state index in [4.69, 9.17) is 9.26 Å². The molecular formula is C18H24N4O3. The van der Waals surface area contributed by atoms with Gasteiger partial charge in [0.05, 0.1) is 12.8 Å². The SMILES string of the molecule is COc1nc(C)ccc1C(=O)N1CCN(Cc2c(C)noc2C)CC1. The van der Waals surface area contributed by atoms with Crippen molar-refractivity contribution in [1.29, 1.82) is 0 Å². The molecule has 1 saturated heterocycles. The van der Waals surface area contributed by atoms with Gasteiger partial charge in [-0.1, -0.05) is 5.16 Å². The molecule has 0 radical (unpaired) electrons. The van der Waals surface area contributed by atoms with E-state index >= 15 is 0 Å². The first-order valence-electron chi connectivity index (χ1n) is 8.44. The predicted molar refractivity (Wildman–Crippen MR) is 92.7 cm³/mol. The Bertz CT molecular complexity index is 744. The van der Waals surface area contributed by atoms with Gasteiger partial charge in [0, 0.05) is 44.0 Å². The fraction of sp³-hybridized carbons (Fsp3) is 0.500. The lowest BCUT2D eigenvalue weighted by molar-refractivity contribution is 0.0623. The molecule has 1 fully saturated rings. The van der Waals surface area contributed by atoms with Crippen LogP contribution in [0.25, 0.3) is 0 Å². The van der Waals surface area contributed by atoms with Gasteiger partial charge in [-0.05, 0) is 32.9 Å². The first-order chi connectivity index (χ1) is 12.0. The summed E-state index contributed by atoms with van der Waals surface area (Å²) in [7, 11) is 1.54. The van der Waals surface area contributed by atoms with E-state index in [0.717, 1.165) is 42.3 Å². The largest absolute Gasteiger partial charge is 0.480 e. The lowest BCUT2D eigenvalue weighted by Gasteiger charge is -2.34. The van der Waals surface area contributed by atoms with Crippen molar-refractivity contribution in [2.45, 2.75) is 27.3 Å². The number of rotatable bonds is 4. The Kier molecular flexibility index (Phi) is 5.03. The molecular weight excluding hydrogens is 320 g/mol. The summed E-state index contributed by atoms with van der Waals surface area (Å²) in [6, 6.07) is 3.63. The Morgan fingerprint density at radius 2 is 1.92 bits per heavy atom. The number of hydrogen-bond donors (Lipinski definition) is 0. The van der Waals surface area contributed by atoms with E-state index in [1.54, 1.807) is 13.2 Å². The third kappa shape index (κ3) is 3.66. The Morgan fingerprint density at radius 3 is 2.52 bits per heavy atom. The molecule has 0 bridgehead atoms. The molecule has 0 atom stereocenters. The first kappa shape index (κ1) is 17.4. The number of hydrogen-bond acceptors (Lipinski definition) is 6. The number of methoxy groups -OCH3 is 1. The average Bonchev–Trinajstić information content (AvgIpc) is 2.93. The van der Waals surface area contributed by atoms with Gasteiger partial charge in [-0.25, -0.2) is 4.98 Å². The lowest BCUT2D eigenvalue weighted by Crippen LogP contribution is -2.48. The second-order valence-corrected chi connectivity index (χ2v) is 6.38. The van der Waals surface area contributed by atoms with Gasteiger partial charge >= 0.3 is 0 Å². The van der Waals surface area contributed by atoms with Crippen LogP contribution in [0.2, 0.25) is 0 Å². The Labute approximate surface area is 147 Å². The number of amides is 1. The summed E-state index contributed by atoms with van der Waals surface area (Å²) in [5.41, 5.74) is 3.43. The zero-order valence-electron chi connectivity index (χ0n) is 15.2. The summed E-state index contributed by atoms with van der Waals surface area (Å²) in [5, 5.41) is 4.00. The van der Waals surface area contributed by atoms with Gasteiger partial charge in [-0.3, -0.25) is 9.69 Å². The van der Waals surface area contributed by atoms with Gasteiger partial charge in [-0.2, -0.15) is 0 Å².